The Kier molecular flexibility index (Phi) is 8.14. The summed E-state index contributed by atoms with van der Waals surface area (Å²) in [4.78, 5) is 24.2. The van der Waals surface area contributed by atoms with E-state index in [1.807, 2.05) is 0 Å². The SMILES string of the molecule is CCCCOc1ccc(C(=O)OCC(=O)Nc2cc(OC)ccc2OC)cc1. The van der Waals surface area contributed by atoms with E-state index in [0.717, 1.165) is 12.8 Å². The van der Waals surface area contributed by atoms with Gasteiger partial charge >= 0.3 is 5.97 Å². The number of rotatable bonds is 10. The number of methoxy groups -OCH3 is 2. The number of hydrogen-bond donors (Lipinski definition) is 1. The Morgan fingerprint density at radius 1 is 0.964 bits per heavy atom. The van der Waals surface area contributed by atoms with Gasteiger partial charge in [-0.05, 0) is 42.8 Å². The lowest BCUT2D eigenvalue weighted by Gasteiger charge is -2.12. The average molecular weight is 387 g/mol. The zero-order chi connectivity index (χ0) is 20.4. The predicted molar refractivity (Wildman–Crippen MR) is 105 cm³/mol. The van der Waals surface area contributed by atoms with Gasteiger partial charge in [-0.15, -0.1) is 0 Å². The second-order valence-corrected chi connectivity index (χ2v) is 5.92. The standard InChI is InChI=1S/C21H25NO6/c1-4-5-12-27-16-8-6-15(7-9-16)21(24)28-14-20(23)22-18-13-17(25-2)10-11-19(18)26-3/h6-11,13H,4-5,12,14H2,1-3H3,(H,22,23). The normalized spacial score (nSPS) is 10.1. The molecule has 28 heavy (non-hydrogen) atoms. The summed E-state index contributed by atoms with van der Waals surface area (Å²) in [6.45, 7) is 2.30. The highest BCUT2D eigenvalue weighted by molar-refractivity contribution is 5.96. The van der Waals surface area contributed by atoms with Crippen LogP contribution in [0.15, 0.2) is 42.5 Å². The summed E-state index contributed by atoms with van der Waals surface area (Å²) >= 11 is 0. The first kappa shape index (κ1) is 21.1. The van der Waals surface area contributed by atoms with E-state index in [9.17, 15) is 9.59 Å². The molecule has 1 N–H and O–H groups in total. The van der Waals surface area contributed by atoms with Crippen LogP contribution in [0.3, 0.4) is 0 Å². The lowest BCUT2D eigenvalue weighted by molar-refractivity contribution is -0.119. The van der Waals surface area contributed by atoms with Gasteiger partial charge < -0.3 is 24.3 Å². The van der Waals surface area contributed by atoms with E-state index in [-0.39, 0.29) is 0 Å². The second-order valence-electron chi connectivity index (χ2n) is 5.92. The molecule has 7 heteroatoms. The molecule has 0 aliphatic carbocycles. The molecule has 0 fully saturated rings. The van der Waals surface area contributed by atoms with Gasteiger partial charge in [0.15, 0.2) is 6.61 Å². The van der Waals surface area contributed by atoms with Crippen molar-refractivity contribution >= 4 is 17.6 Å². The van der Waals surface area contributed by atoms with Gasteiger partial charge in [-0.3, -0.25) is 4.79 Å². The summed E-state index contributed by atoms with van der Waals surface area (Å²) in [6, 6.07) is 11.6. The van der Waals surface area contributed by atoms with Crippen molar-refractivity contribution in [2.75, 3.05) is 32.8 Å². The van der Waals surface area contributed by atoms with E-state index in [0.29, 0.717) is 35.1 Å². The number of amides is 1. The van der Waals surface area contributed by atoms with Crippen LogP contribution in [0.4, 0.5) is 5.69 Å². The molecular weight excluding hydrogens is 362 g/mol. The highest BCUT2D eigenvalue weighted by Crippen LogP contribution is 2.28. The van der Waals surface area contributed by atoms with E-state index in [4.69, 9.17) is 18.9 Å². The first-order valence-electron chi connectivity index (χ1n) is 8.99. The minimum atomic E-state index is -0.590. The fraction of sp³-hybridized carbons (Fsp3) is 0.333. The molecule has 150 valence electrons. The molecule has 0 spiro atoms. The van der Waals surface area contributed by atoms with Gasteiger partial charge in [-0.25, -0.2) is 4.79 Å². The first-order chi connectivity index (χ1) is 13.6. The van der Waals surface area contributed by atoms with Gasteiger partial charge in [-0.1, -0.05) is 13.3 Å². The van der Waals surface area contributed by atoms with Crippen molar-refractivity contribution in [2.45, 2.75) is 19.8 Å². The zero-order valence-electron chi connectivity index (χ0n) is 16.3. The molecule has 2 rings (SSSR count). The Labute approximate surface area is 164 Å². The van der Waals surface area contributed by atoms with Gasteiger partial charge in [-0.2, -0.15) is 0 Å². The Morgan fingerprint density at radius 2 is 1.68 bits per heavy atom. The third kappa shape index (κ3) is 6.19. The Morgan fingerprint density at radius 3 is 2.32 bits per heavy atom. The molecule has 0 atom stereocenters. The van der Waals surface area contributed by atoms with Crippen LogP contribution in [-0.2, 0) is 9.53 Å². The van der Waals surface area contributed by atoms with Crippen LogP contribution in [0, 0.1) is 0 Å². The van der Waals surface area contributed by atoms with Crippen molar-refractivity contribution in [3.05, 3.63) is 48.0 Å². The number of unbranched alkanes of at least 4 members (excludes halogenated alkanes) is 1. The lowest BCUT2D eigenvalue weighted by atomic mass is 10.2. The average Bonchev–Trinajstić information content (AvgIpc) is 2.72. The molecule has 0 radical (unpaired) electrons. The maximum Gasteiger partial charge on any atom is 0.338 e. The number of esters is 1. The molecule has 0 unspecified atom stereocenters. The van der Waals surface area contributed by atoms with Crippen molar-refractivity contribution in [3.8, 4) is 17.2 Å². The second kappa shape index (κ2) is 10.8. The molecule has 2 aromatic rings. The molecule has 0 heterocycles. The number of carbonyl (C=O) groups excluding carboxylic acids is 2. The van der Waals surface area contributed by atoms with Crippen LogP contribution in [0.1, 0.15) is 30.1 Å². The largest absolute Gasteiger partial charge is 0.497 e. The number of hydrogen-bond acceptors (Lipinski definition) is 6. The van der Waals surface area contributed by atoms with Crippen LogP contribution in [0.25, 0.3) is 0 Å². The third-order valence-corrected chi connectivity index (χ3v) is 3.87. The van der Waals surface area contributed by atoms with Crippen LogP contribution < -0.4 is 19.5 Å². The minimum Gasteiger partial charge on any atom is -0.497 e. The first-order valence-corrected chi connectivity index (χ1v) is 8.99. The Balaban J connectivity index is 1.88. The van der Waals surface area contributed by atoms with Gasteiger partial charge in [0.25, 0.3) is 5.91 Å². The number of ether oxygens (including phenoxy) is 4. The summed E-state index contributed by atoms with van der Waals surface area (Å²) in [7, 11) is 3.02. The molecular formula is C21H25NO6. The summed E-state index contributed by atoms with van der Waals surface area (Å²) < 4.78 is 20.9. The molecule has 1 amide bonds. The molecule has 0 saturated carbocycles. The van der Waals surface area contributed by atoms with Gasteiger partial charge in [0.05, 0.1) is 32.1 Å². The molecule has 0 bridgehead atoms. The van der Waals surface area contributed by atoms with E-state index in [1.54, 1.807) is 42.5 Å². The van der Waals surface area contributed by atoms with Crippen LogP contribution in [0.5, 0.6) is 17.2 Å². The Bertz CT molecular complexity index is 788. The smallest absolute Gasteiger partial charge is 0.338 e. The van der Waals surface area contributed by atoms with E-state index in [2.05, 4.69) is 12.2 Å². The summed E-state index contributed by atoms with van der Waals surface area (Å²) in [5, 5.41) is 2.64. The van der Waals surface area contributed by atoms with Crippen molar-refractivity contribution in [1.29, 1.82) is 0 Å². The number of anilines is 1. The van der Waals surface area contributed by atoms with Gasteiger partial charge in [0.1, 0.15) is 17.2 Å². The van der Waals surface area contributed by atoms with Crippen molar-refractivity contribution in [3.63, 3.8) is 0 Å². The maximum atomic E-state index is 12.1. The quantitative estimate of drug-likeness (QED) is 0.495. The fourth-order valence-electron chi connectivity index (χ4n) is 2.33. The summed E-state index contributed by atoms with van der Waals surface area (Å²) in [5.74, 6) is 0.647. The van der Waals surface area contributed by atoms with Gasteiger partial charge in [0, 0.05) is 6.07 Å². The minimum absolute atomic E-state index is 0.342. The molecule has 0 aromatic heterocycles. The number of benzene rings is 2. The van der Waals surface area contributed by atoms with Crippen LogP contribution in [-0.4, -0.2) is 39.3 Å². The van der Waals surface area contributed by atoms with Gasteiger partial charge in [0.2, 0.25) is 0 Å². The lowest BCUT2D eigenvalue weighted by Crippen LogP contribution is -2.21. The van der Waals surface area contributed by atoms with Crippen LogP contribution >= 0.6 is 0 Å². The van der Waals surface area contributed by atoms with Crippen LogP contribution in [0.2, 0.25) is 0 Å². The summed E-state index contributed by atoms with van der Waals surface area (Å²) in [6.07, 6.45) is 2.02. The van der Waals surface area contributed by atoms with Crippen molar-refractivity contribution in [1.82, 2.24) is 0 Å². The maximum absolute atomic E-state index is 12.1. The van der Waals surface area contributed by atoms with E-state index < -0.39 is 18.5 Å². The van der Waals surface area contributed by atoms with E-state index in [1.165, 1.54) is 14.2 Å². The highest BCUT2D eigenvalue weighted by atomic mass is 16.5. The van der Waals surface area contributed by atoms with E-state index >= 15 is 0 Å². The molecule has 2 aromatic carbocycles. The Hall–Kier alpha value is -3.22. The third-order valence-electron chi connectivity index (χ3n) is 3.87. The van der Waals surface area contributed by atoms with Crippen molar-refractivity contribution in [2.24, 2.45) is 0 Å². The molecule has 0 saturated heterocycles. The highest BCUT2D eigenvalue weighted by Gasteiger charge is 2.13. The monoisotopic (exact) mass is 387 g/mol. The number of carbonyl (C=O) groups is 2. The molecule has 7 nitrogen and oxygen atoms in total. The molecule has 0 aliphatic rings. The summed E-state index contributed by atoms with van der Waals surface area (Å²) in [5.41, 5.74) is 0.770. The fourth-order valence-corrected chi connectivity index (χ4v) is 2.33. The zero-order valence-corrected chi connectivity index (χ0v) is 16.3. The predicted octanol–water partition coefficient (Wildman–Crippen LogP) is 3.68. The molecule has 0 aliphatic heterocycles. The van der Waals surface area contributed by atoms with Crippen molar-refractivity contribution < 1.29 is 28.5 Å². The topological polar surface area (TPSA) is 83.1 Å². The number of nitrogens with one attached hydrogen (secondary N) is 1.